The molecule has 13 heteroatoms. The minimum absolute atomic E-state index is 0.0140. The molecule has 4 atom stereocenters. The number of nitrogens with zero attached hydrogens (tertiary/aromatic N) is 4. The predicted molar refractivity (Wildman–Crippen MR) is 169 cm³/mol. The van der Waals surface area contributed by atoms with E-state index >= 15 is 0 Å². The fourth-order valence-electron chi connectivity index (χ4n) is 4.63. The van der Waals surface area contributed by atoms with Crippen molar-refractivity contribution in [3.05, 3.63) is 22.2 Å². The Morgan fingerprint density at radius 2 is 1.98 bits per heavy atom. The molecule has 0 aromatic carbocycles. The van der Waals surface area contributed by atoms with Crippen molar-refractivity contribution in [1.82, 2.24) is 14.2 Å². The minimum atomic E-state index is -1.51. The van der Waals surface area contributed by atoms with E-state index in [-0.39, 0.29) is 43.6 Å². The third-order valence-electron chi connectivity index (χ3n) is 6.80. The third kappa shape index (κ3) is 12.6. The number of ether oxygens (including phenoxy) is 2. The molecule has 0 bridgehead atoms. The lowest BCUT2D eigenvalue weighted by atomic mass is 10.2. The number of Topliss-reactive ketones (excluding diaryl/α,β-unsaturated/α-hetero) is 1. The van der Waals surface area contributed by atoms with Crippen LogP contribution in [0.2, 0.25) is 0 Å². The van der Waals surface area contributed by atoms with E-state index in [0.717, 1.165) is 31.2 Å². The van der Waals surface area contributed by atoms with E-state index in [4.69, 9.17) is 19.9 Å². The fourth-order valence-corrected chi connectivity index (χ4v) is 6.25. The topological polar surface area (TPSA) is 134 Å². The summed E-state index contributed by atoms with van der Waals surface area (Å²) in [4.78, 5) is 44.0. The van der Waals surface area contributed by atoms with E-state index < -0.39 is 32.7 Å². The summed E-state index contributed by atoms with van der Waals surface area (Å²) < 4.78 is 35.4. The first-order chi connectivity index (χ1) is 21.0. The summed E-state index contributed by atoms with van der Waals surface area (Å²) in [5.74, 6) is 0.179. The molecule has 244 valence electrons. The van der Waals surface area contributed by atoms with Gasteiger partial charge in [0.2, 0.25) is 0 Å². The number of anilines is 1. The van der Waals surface area contributed by atoms with Gasteiger partial charge in [0.1, 0.15) is 17.8 Å². The number of carbonyl (C=O) groups is 2. The summed E-state index contributed by atoms with van der Waals surface area (Å²) in [6.07, 6.45) is 5.83. The second-order valence-corrected chi connectivity index (χ2v) is 12.6. The first-order valence-corrected chi connectivity index (χ1v) is 16.4. The Morgan fingerprint density at radius 1 is 1.26 bits per heavy atom. The van der Waals surface area contributed by atoms with Gasteiger partial charge in [-0.3, -0.25) is 14.4 Å². The molecule has 12 nitrogen and oxygen atoms in total. The lowest BCUT2D eigenvalue weighted by Crippen LogP contribution is -2.35. The molecule has 0 radical (unpaired) electrons. The van der Waals surface area contributed by atoms with E-state index in [1.165, 1.54) is 17.9 Å². The largest absolute Gasteiger partial charge is 0.466 e. The zero-order valence-corrected chi connectivity index (χ0v) is 27.8. The van der Waals surface area contributed by atoms with Crippen molar-refractivity contribution in [3.63, 3.8) is 0 Å². The van der Waals surface area contributed by atoms with Crippen LogP contribution >= 0.6 is 8.53 Å². The number of unbranched alkanes of at least 4 members (excludes halogenated alkanes) is 3. The van der Waals surface area contributed by atoms with E-state index in [2.05, 4.69) is 47.7 Å². The van der Waals surface area contributed by atoms with Crippen molar-refractivity contribution < 1.29 is 29.5 Å². The smallest absolute Gasteiger partial charge is 0.351 e. The van der Waals surface area contributed by atoms with Gasteiger partial charge in [0.15, 0.2) is 6.40 Å². The number of carbonyl (C=O) groups excluding carboxylic acids is 2. The van der Waals surface area contributed by atoms with Gasteiger partial charge in [0.25, 0.3) is 0 Å². The molecule has 1 saturated heterocycles. The Balaban J connectivity index is 1.92. The highest BCUT2D eigenvalue weighted by Gasteiger charge is 2.40. The van der Waals surface area contributed by atoms with Gasteiger partial charge >= 0.3 is 20.2 Å². The van der Waals surface area contributed by atoms with Crippen LogP contribution in [0, 0.1) is 6.92 Å². The van der Waals surface area contributed by atoms with Crippen LogP contribution in [0.5, 0.6) is 0 Å². The number of nitrogens with one attached hydrogen (secondary N) is 1. The SMILES string of the molecule is [2H]CC1OC(n2cc(C)c(NCCCCCCOC(=O)CCC(C)=O)nc2=O)CC1OP(OC=NCC)N(C(C)C)C(C)C. The lowest BCUT2D eigenvalue weighted by Gasteiger charge is -2.36. The van der Waals surface area contributed by atoms with Crippen LogP contribution in [0.1, 0.15) is 107 Å². The van der Waals surface area contributed by atoms with Crippen LogP contribution in [-0.4, -0.2) is 76.4 Å². The van der Waals surface area contributed by atoms with Crippen molar-refractivity contribution in [2.24, 2.45) is 4.99 Å². The second kappa shape index (κ2) is 19.1. The summed E-state index contributed by atoms with van der Waals surface area (Å²) in [5, 5.41) is 3.25. The molecular weight excluding hydrogens is 573 g/mol. The zero-order chi connectivity index (χ0) is 32.6. The molecule has 0 amide bonds. The average Bonchev–Trinajstić information content (AvgIpc) is 3.36. The number of aromatic nitrogens is 2. The number of aryl methyl sites for hydroxylation is 1. The molecule has 0 saturated carbocycles. The van der Waals surface area contributed by atoms with Crippen LogP contribution in [0.3, 0.4) is 0 Å². The summed E-state index contributed by atoms with van der Waals surface area (Å²) in [5.41, 5.74) is 0.378. The number of aliphatic imine (C=N–C) groups is 1. The maximum atomic E-state index is 13.0. The van der Waals surface area contributed by atoms with Gasteiger partial charge in [-0.05, 0) is 74.6 Å². The van der Waals surface area contributed by atoms with Gasteiger partial charge in [-0.1, -0.05) is 6.42 Å². The number of rotatable bonds is 20. The second-order valence-electron chi connectivity index (χ2n) is 11.2. The van der Waals surface area contributed by atoms with Crippen LogP contribution in [0.15, 0.2) is 16.0 Å². The van der Waals surface area contributed by atoms with Crippen LogP contribution in [0.25, 0.3) is 0 Å². The maximum Gasteiger partial charge on any atom is 0.351 e. The van der Waals surface area contributed by atoms with Gasteiger partial charge in [-0.25, -0.2) is 9.46 Å². The Labute approximate surface area is 259 Å². The summed E-state index contributed by atoms with van der Waals surface area (Å²) in [7, 11) is -1.51. The monoisotopic (exact) mass is 626 g/mol. The van der Waals surface area contributed by atoms with Gasteiger partial charge < -0.3 is 28.6 Å². The molecule has 1 aromatic heterocycles. The van der Waals surface area contributed by atoms with E-state index in [1.807, 2.05) is 13.8 Å². The summed E-state index contributed by atoms with van der Waals surface area (Å²) in [6.45, 7) is 15.2. The maximum absolute atomic E-state index is 13.0. The van der Waals surface area contributed by atoms with Crippen molar-refractivity contribution in [3.8, 4) is 0 Å². The highest BCUT2D eigenvalue weighted by atomic mass is 31.2. The van der Waals surface area contributed by atoms with Crippen molar-refractivity contribution in [2.75, 3.05) is 25.0 Å². The Kier molecular flexibility index (Phi) is 15.6. The average molecular weight is 627 g/mol. The van der Waals surface area contributed by atoms with Gasteiger partial charge in [-0.2, -0.15) is 4.98 Å². The summed E-state index contributed by atoms with van der Waals surface area (Å²) in [6, 6.07) is 0.319. The Hall–Kier alpha value is -2.40. The summed E-state index contributed by atoms with van der Waals surface area (Å²) >= 11 is 0. The normalized spacial score (nSPS) is 19.8. The molecule has 1 fully saturated rings. The van der Waals surface area contributed by atoms with Crippen molar-refractivity contribution >= 4 is 32.5 Å². The molecular formula is C30H52N5O7P. The molecule has 0 aliphatic carbocycles. The van der Waals surface area contributed by atoms with Crippen LogP contribution < -0.4 is 11.0 Å². The minimum Gasteiger partial charge on any atom is -0.466 e. The van der Waals surface area contributed by atoms with Gasteiger partial charge in [-0.15, -0.1) is 0 Å². The highest BCUT2D eigenvalue weighted by Crippen LogP contribution is 2.49. The van der Waals surface area contributed by atoms with Crippen LogP contribution in [-0.2, 0) is 28.1 Å². The highest BCUT2D eigenvalue weighted by molar-refractivity contribution is 7.45. The van der Waals surface area contributed by atoms with E-state index in [9.17, 15) is 14.4 Å². The Bertz CT molecular complexity index is 1110. The van der Waals surface area contributed by atoms with E-state index in [0.29, 0.717) is 31.9 Å². The molecule has 0 spiro atoms. The number of esters is 1. The molecule has 4 unspecified atom stereocenters. The molecule has 1 N–H and O–H groups in total. The quantitative estimate of drug-likeness (QED) is 0.0647. The molecule has 1 aromatic rings. The first-order valence-electron chi connectivity index (χ1n) is 16.0. The van der Waals surface area contributed by atoms with Crippen LogP contribution in [0.4, 0.5) is 5.82 Å². The predicted octanol–water partition coefficient (Wildman–Crippen LogP) is 5.54. The Morgan fingerprint density at radius 3 is 2.63 bits per heavy atom. The number of hydrogen-bond acceptors (Lipinski definition) is 11. The molecule has 2 heterocycles. The fraction of sp³-hybridized carbons (Fsp3) is 0.767. The van der Waals surface area contributed by atoms with Crippen molar-refractivity contribution in [2.45, 2.75) is 131 Å². The standard InChI is InChI=1S/C30H52N5O7P/c1-9-31-20-40-43(35(21(2)3)22(4)5)42-26-18-27(41-25(26)8)34-19-23(6)29(33-30(34)38)32-16-12-10-11-13-17-39-28(37)15-14-24(7)36/h19-22,25-27H,9-18H2,1-8H3,(H,32,33,38)/i8D. The van der Waals surface area contributed by atoms with Gasteiger partial charge in [0, 0.05) is 51.1 Å². The lowest BCUT2D eigenvalue weighted by molar-refractivity contribution is -0.144. The molecule has 1 aliphatic heterocycles. The number of ketones is 1. The molecule has 43 heavy (non-hydrogen) atoms. The first kappa shape index (κ1) is 35.1. The van der Waals surface area contributed by atoms with Crippen molar-refractivity contribution in [1.29, 1.82) is 0 Å². The van der Waals surface area contributed by atoms with Gasteiger partial charge in [0.05, 0.1) is 25.2 Å². The third-order valence-corrected chi connectivity index (χ3v) is 8.83. The number of hydrogen-bond donors (Lipinski definition) is 1. The molecule has 2 rings (SSSR count). The molecule has 1 aliphatic rings. The van der Waals surface area contributed by atoms with E-state index in [1.54, 1.807) is 6.20 Å². The zero-order valence-electron chi connectivity index (χ0n) is 27.9.